The fourth-order valence-corrected chi connectivity index (χ4v) is 5.94. The molecule has 0 spiro atoms. The maximum absolute atomic E-state index is 12.7. The number of rotatable bonds is 6. The van der Waals surface area contributed by atoms with Gasteiger partial charge in [0, 0.05) is 6.04 Å². The number of furan rings is 1. The van der Waals surface area contributed by atoms with Crippen LogP contribution in [0.1, 0.15) is 60.9 Å². The Morgan fingerprint density at radius 3 is 2.32 bits per heavy atom. The van der Waals surface area contributed by atoms with Crippen molar-refractivity contribution in [1.82, 2.24) is 5.32 Å². The van der Waals surface area contributed by atoms with Crippen molar-refractivity contribution in [3.63, 3.8) is 0 Å². The Morgan fingerprint density at radius 1 is 1.00 bits per heavy atom. The van der Waals surface area contributed by atoms with Crippen molar-refractivity contribution >= 4 is 5.91 Å². The zero-order valence-electron chi connectivity index (χ0n) is 16.5. The molecule has 4 saturated carbocycles. The summed E-state index contributed by atoms with van der Waals surface area (Å²) in [6.07, 6.45) is 7.63. The van der Waals surface area contributed by atoms with Gasteiger partial charge in [0.05, 0.1) is 0 Å². The molecule has 148 valence electrons. The quantitative estimate of drug-likeness (QED) is 0.770. The Balaban J connectivity index is 1.18. The first-order chi connectivity index (χ1) is 13.7. The molecule has 0 atom stereocenters. The molecule has 28 heavy (non-hydrogen) atoms. The van der Waals surface area contributed by atoms with Gasteiger partial charge in [-0.3, -0.25) is 4.79 Å². The van der Waals surface area contributed by atoms with Crippen molar-refractivity contribution in [1.29, 1.82) is 0 Å². The van der Waals surface area contributed by atoms with Crippen LogP contribution in [0.4, 0.5) is 0 Å². The molecule has 2 aromatic rings. The van der Waals surface area contributed by atoms with Gasteiger partial charge >= 0.3 is 0 Å². The average Bonchev–Trinajstić information content (AvgIpc) is 3.18. The molecular weight excluding hydrogens is 350 g/mol. The largest absolute Gasteiger partial charge is 0.486 e. The van der Waals surface area contributed by atoms with Gasteiger partial charge in [0.25, 0.3) is 5.91 Å². The smallest absolute Gasteiger partial charge is 0.287 e. The molecule has 4 nitrogen and oxygen atoms in total. The standard InChI is InChI=1S/C24H29NO3/c1-2-15-3-5-20(6-4-15)27-14-21-7-8-22(28-21)24(26)25-23-18-10-16-9-17(12-18)13-19(23)11-16/h3-8,16-19,23H,2,9-14H2,1H3,(H,25,26). The minimum atomic E-state index is -0.0731. The van der Waals surface area contributed by atoms with E-state index in [4.69, 9.17) is 9.15 Å². The molecule has 4 fully saturated rings. The van der Waals surface area contributed by atoms with Crippen molar-refractivity contribution in [2.45, 2.75) is 58.1 Å². The summed E-state index contributed by atoms with van der Waals surface area (Å²) >= 11 is 0. The lowest BCUT2D eigenvalue weighted by molar-refractivity contribution is -0.0123. The first-order valence-electron chi connectivity index (χ1n) is 10.8. The molecule has 0 radical (unpaired) electrons. The second kappa shape index (κ2) is 7.31. The van der Waals surface area contributed by atoms with Gasteiger partial charge in [-0.2, -0.15) is 0 Å². The molecule has 1 heterocycles. The molecule has 0 unspecified atom stereocenters. The monoisotopic (exact) mass is 379 g/mol. The first kappa shape index (κ1) is 17.8. The lowest BCUT2D eigenvalue weighted by atomic mass is 9.54. The Hall–Kier alpha value is -2.23. The summed E-state index contributed by atoms with van der Waals surface area (Å²) in [7, 11) is 0. The van der Waals surface area contributed by atoms with Gasteiger partial charge in [0.15, 0.2) is 5.76 Å². The molecule has 4 heteroatoms. The van der Waals surface area contributed by atoms with E-state index in [1.807, 2.05) is 18.2 Å². The molecule has 4 aliphatic rings. The molecule has 1 amide bonds. The van der Waals surface area contributed by atoms with Gasteiger partial charge < -0.3 is 14.5 Å². The van der Waals surface area contributed by atoms with Crippen molar-refractivity contribution in [2.24, 2.45) is 23.7 Å². The highest BCUT2D eigenvalue weighted by Gasteiger charge is 2.48. The topological polar surface area (TPSA) is 51.5 Å². The zero-order valence-corrected chi connectivity index (χ0v) is 16.5. The Bertz CT molecular complexity index is 810. The minimum absolute atomic E-state index is 0.0731. The van der Waals surface area contributed by atoms with Crippen molar-refractivity contribution in [3.05, 3.63) is 53.5 Å². The van der Waals surface area contributed by atoms with E-state index in [-0.39, 0.29) is 5.91 Å². The predicted molar refractivity (Wildman–Crippen MR) is 107 cm³/mol. The van der Waals surface area contributed by atoms with Crippen molar-refractivity contribution in [3.8, 4) is 5.75 Å². The maximum Gasteiger partial charge on any atom is 0.287 e. The van der Waals surface area contributed by atoms with Gasteiger partial charge in [-0.05, 0) is 92.0 Å². The lowest BCUT2D eigenvalue weighted by Gasteiger charge is -2.54. The number of benzene rings is 1. The summed E-state index contributed by atoms with van der Waals surface area (Å²) in [6.45, 7) is 2.46. The molecule has 1 aromatic heterocycles. The van der Waals surface area contributed by atoms with E-state index < -0.39 is 0 Å². The fourth-order valence-electron chi connectivity index (χ4n) is 5.94. The van der Waals surface area contributed by atoms with Gasteiger partial charge in [-0.1, -0.05) is 19.1 Å². The van der Waals surface area contributed by atoms with E-state index >= 15 is 0 Å². The number of hydrogen-bond acceptors (Lipinski definition) is 3. The molecule has 4 bridgehead atoms. The molecule has 4 aliphatic carbocycles. The van der Waals surface area contributed by atoms with E-state index in [2.05, 4.69) is 24.4 Å². The van der Waals surface area contributed by atoms with E-state index in [1.54, 1.807) is 6.07 Å². The van der Waals surface area contributed by atoms with Gasteiger partial charge in [-0.25, -0.2) is 0 Å². The Kier molecular flexibility index (Phi) is 4.65. The average molecular weight is 380 g/mol. The van der Waals surface area contributed by atoms with Crippen LogP contribution >= 0.6 is 0 Å². The summed E-state index contributed by atoms with van der Waals surface area (Å²) in [5.41, 5.74) is 1.29. The van der Waals surface area contributed by atoms with Crippen LogP contribution in [0, 0.1) is 23.7 Å². The Labute approximate surface area is 166 Å². The molecule has 1 aromatic carbocycles. The van der Waals surface area contributed by atoms with Crippen molar-refractivity contribution < 1.29 is 13.9 Å². The summed E-state index contributed by atoms with van der Waals surface area (Å²) in [6, 6.07) is 12.0. The number of hydrogen-bond donors (Lipinski definition) is 1. The van der Waals surface area contributed by atoms with E-state index in [0.29, 0.717) is 36.0 Å². The SMILES string of the molecule is CCc1ccc(OCc2ccc(C(=O)NC3C4CC5CC(C4)CC3C5)o2)cc1. The minimum Gasteiger partial charge on any atom is -0.486 e. The van der Waals surface area contributed by atoms with E-state index in [9.17, 15) is 4.79 Å². The second-order valence-corrected chi connectivity index (χ2v) is 8.98. The number of nitrogens with one attached hydrogen (secondary N) is 1. The van der Waals surface area contributed by atoms with Gasteiger partial charge in [0.2, 0.25) is 0 Å². The van der Waals surface area contributed by atoms with Crippen LogP contribution in [0.3, 0.4) is 0 Å². The number of amides is 1. The third-order valence-electron chi connectivity index (χ3n) is 7.12. The van der Waals surface area contributed by atoms with Crippen LogP contribution in [0.25, 0.3) is 0 Å². The Morgan fingerprint density at radius 2 is 1.68 bits per heavy atom. The normalized spacial score (nSPS) is 30.4. The van der Waals surface area contributed by atoms with Gasteiger partial charge in [-0.15, -0.1) is 0 Å². The molecule has 6 rings (SSSR count). The van der Waals surface area contributed by atoms with Crippen LogP contribution in [0.2, 0.25) is 0 Å². The number of aryl methyl sites for hydroxylation is 1. The summed E-state index contributed by atoms with van der Waals surface area (Å²) in [5.74, 6) is 4.98. The van der Waals surface area contributed by atoms with Crippen LogP contribution in [0.15, 0.2) is 40.8 Å². The summed E-state index contributed by atoms with van der Waals surface area (Å²) in [5, 5.41) is 3.30. The highest BCUT2D eigenvalue weighted by Crippen LogP contribution is 2.53. The third-order valence-corrected chi connectivity index (χ3v) is 7.12. The van der Waals surface area contributed by atoms with Crippen molar-refractivity contribution in [2.75, 3.05) is 0 Å². The molecule has 0 aliphatic heterocycles. The molecular formula is C24H29NO3. The summed E-state index contributed by atoms with van der Waals surface area (Å²) in [4.78, 5) is 12.7. The predicted octanol–water partition coefficient (Wildman–Crippen LogP) is 4.98. The maximum atomic E-state index is 12.7. The first-order valence-corrected chi connectivity index (χ1v) is 10.8. The number of carbonyl (C=O) groups excluding carboxylic acids is 1. The van der Waals surface area contributed by atoms with Crippen LogP contribution in [-0.4, -0.2) is 11.9 Å². The fraction of sp³-hybridized carbons (Fsp3) is 0.542. The number of ether oxygens (including phenoxy) is 1. The zero-order chi connectivity index (χ0) is 19.1. The van der Waals surface area contributed by atoms with Crippen LogP contribution in [0.5, 0.6) is 5.75 Å². The molecule has 0 saturated heterocycles. The second-order valence-electron chi connectivity index (χ2n) is 8.98. The molecule has 1 N–H and O–H groups in total. The highest BCUT2D eigenvalue weighted by atomic mass is 16.5. The van der Waals surface area contributed by atoms with E-state index in [0.717, 1.165) is 24.0 Å². The lowest BCUT2D eigenvalue weighted by Crippen LogP contribution is -2.55. The highest BCUT2D eigenvalue weighted by molar-refractivity contribution is 5.91. The van der Waals surface area contributed by atoms with Crippen LogP contribution < -0.4 is 10.1 Å². The van der Waals surface area contributed by atoms with Crippen LogP contribution in [-0.2, 0) is 13.0 Å². The van der Waals surface area contributed by atoms with E-state index in [1.165, 1.54) is 37.7 Å². The summed E-state index contributed by atoms with van der Waals surface area (Å²) < 4.78 is 11.6. The third kappa shape index (κ3) is 3.45. The number of carbonyl (C=O) groups is 1. The van der Waals surface area contributed by atoms with Gasteiger partial charge in [0.1, 0.15) is 18.1 Å².